The van der Waals surface area contributed by atoms with E-state index >= 15 is 0 Å². The summed E-state index contributed by atoms with van der Waals surface area (Å²) in [6.45, 7) is -0.360. The highest BCUT2D eigenvalue weighted by molar-refractivity contribution is 5.85. The van der Waals surface area contributed by atoms with Crippen LogP contribution in [0.5, 0.6) is 0 Å². The number of hydrogen-bond acceptors (Lipinski definition) is 8. The molecule has 9 heteroatoms. The quantitative estimate of drug-likeness (QED) is 0.267. The van der Waals surface area contributed by atoms with E-state index in [0.717, 1.165) is 0 Å². The summed E-state index contributed by atoms with van der Waals surface area (Å²) < 4.78 is 10.8. The lowest BCUT2D eigenvalue weighted by atomic mass is 9.86. The third-order valence-corrected chi connectivity index (χ3v) is 4.80. The molecule has 0 unspecified atom stereocenters. The van der Waals surface area contributed by atoms with Gasteiger partial charge in [-0.3, -0.25) is 10.1 Å². The maximum absolute atomic E-state index is 13.0. The minimum absolute atomic E-state index is 0.00942. The number of hydrogen-bond donors (Lipinski definition) is 1. The summed E-state index contributed by atoms with van der Waals surface area (Å²) in [6.07, 6.45) is 0. The Balaban J connectivity index is 1.53. The Bertz CT molecular complexity index is 1180. The van der Waals surface area contributed by atoms with Crippen molar-refractivity contribution in [3.05, 3.63) is 112 Å². The van der Waals surface area contributed by atoms with Crippen LogP contribution in [-0.2, 0) is 21.7 Å². The summed E-state index contributed by atoms with van der Waals surface area (Å²) in [4.78, 5) is 23.3. The second kappa shape index (κ2) is 8.78. The van der Waals surface area contributed by atoms with Crippen LogP contribution in [0, 0.1) is 10.1 Å². The number of rotatable bonds is 7. The van der Waals surface area contributed by atoms with Crippen molar-refractivity contribution >= 4 is 11.7 Å². The molecule has 0 saturated heterocycles. The lowest BCUT2D eigenvalue weighted by molar-refractivity contribution is -0.384. The van der Waals surface area contributed by atoms with E-state index in [0.29, 0.717) is 16.7 Å². The highest BCUT2D eigenvalue weighted by atomic mass is 16.6. The fourth-order valence-electron chi connectivity index (χ4n) is 3.15. The van der Waals surface area contributed by atoms with Crippen LogP contribution in [0.1, 0.15) is 17.0 Å². The van der Waals surface area contributed by atoms with Gasteiger partial charge in [-0.25, -0.2) is 4.79 Å². The number of nitro groups is 1. The molecule has 0 amide bonds. The van der Waals surface area contributed by atoms with Gasteiger partial charge in [-0.15, -0.1) is 10.2 Å². The van der Waals surface area contributed by atoms with Crippen LogP contribution in [0.4, 0.5) is 5.69 Å². The number of nitro benzene ring substituents is 1. The molecule has 1 aromatic heterocycles. The topological polar surface area (TPSA) is 129 Å². The maximum Gasteiger partial charge on any atom is 0.348 e. The van der Waals surface area contributed by atoms with Crippen molar-refractivity contribution < 1.29 is 24.0 Å². The molecule has 160 valence electrons. The average molecular weight is 431 g/mol. The van der Waals surface area contributed by atoms with Crippen molar-refractivity contribution in [1.82, 2.24) is 10.2 Å². The number of ether oxygens (including phenoxy) is 1. The average Bonchev–Trinajstić information content (AvgIpc) is 3.32. The van der Waals surface area contributed by atoms with Gasteiger partial charge in [-0.05, 0) is 23.3 Å². The van der Waals surface area contributed by atoms with Gasteiger partial charge >= 0.3 is 5.97 Å². The van der Waals surface area contributed by atoms with E-state index in [4.69, 9.17) is 9.15 Å². The summed E-state index contributed by atoms with van der Waals surface area (Å²) in [5, 5.41) is 29.8. The molecule has 1 N–H and O–H groups in total. The molecule has 0 aliphatic heterocycles. The SMILES string of the molecule is O=C(OCc1nnc(-c2ccc([N+](=O)[O-])cc2)o1)C(O)(c1ccccc1)c1ccccc1. The van der Waals surface area contributed by atoms with Crippen molar-refractivity contribution in [3.8, 4) is 11.5 Å². The molecule has 0 bridgehead atoms. The van der Waals surface area contributed by atoms with E-state index in [2.05, 4.69) is 10.2 Å². The molecule has 4 rings (SSSR count). The van der Waals surface area contributed by atoms with E-state index in [1.54, 1.807) is 60.7 Å². The van der Waals surface area contributed by atoms with Crippen LogP contribution in [0.15, 0.2) is 89.3 Å². The summed E-state index contributed by atoms with van der Waals surface area (Å²) >= 11 is 0. The minimum Gasteiger partial charge on any atom is -0.453 e. The Morgan fingerprint density at radius 3 is 2.03 bits per heavy atom. The monoisotopic (exact) mass is 431 g/mol. The number of aliphatic hydroxyl groups is 1. The number of nitrogens with zero attached hydrogens (tertiary/aromatic N) is 3. The number of esters is 1. The second-order valence-corrected chi connectivity index (χ2v) is 6.82. The molecule has 0 spiro atoms. The lowest BCUT2D eigenvalue weighted by Gasteiger charge is -2.26. The normalized spacial score (nSPS) is 11.2. The summed E-state index contributed by atoms with van der Waals surface area (Å²) in [5.41, 5.74) is -0.903. The number of non-ortho nitro benzene ring substituents is 1. The van der Waals surface area contributed by atoms with Crippen LogP contribution in [-0.4, -0.2) is 26.2 Å². The first-order chi connectivity index (χ1) is 15.5. The van der Waals surface area contributed by atoms with Gasteiger partial charge in [0.2, 0.25) is 11.5 Å². The molecule has 3 aromatic carbocycles. The molecule has 0 radical (unpaired) electrons. The van der Waals surface area contributed by atoms with Crippen molar-refractivity contribution in [2.24, 2.45) is 0 Å². The van der Waals surface area contributed by atoms with Gasteiger partial charge in [-0.2, -0.15) is 0 Å². The Morgan fingerprint density at radius 2 is 1.50 bits per heavy atom. The molecule has 1 heterocycles. The number of carbonyl (C=O) groups excluding carboxylic acids is 1. The molecule has 0 fully saturated rings. The first kappa shape index (κ1) is 20.9. The van der Waals surface area contributed by atoms with E-state index in [1.807, 2.05) is 0 Å². The first-order valence-electron chi connectivity index (χ1n) is 9.56. The second-order valence-electron chi connectivity index (χ2n) is 6.82. The number of carbonyl (C=O) groups is 1. The van der Waals surface area contributed by atoms with Crippen molar-refractivity contribution in [3.63, 3.8) is 0 Å². The van der Waals surface area contributed by atoms with E-state index in [1.165, 1.54) is 24.3 Å². The fraction of sp³-hybridized carbons (Fsp3) is 0.0870. The van der Waals surface area contributed by atoms with Crippen molar-refractivity contribution in [1.29, 1.82) is 0 Å². The van der Waals surface area contributed by atoms with Crippen LogP contribution in [0.2, 0.25) is 0 Å². The van der Waals surface area contributed by atoms with E-state index in [9.17, 15) is 20.0 Å². The lowest BCUT2D eigenvalue weighted by Crippen LogP contribution is -2.38. The molecule has 0 atom stereocenters. The Hall–Kier alpha value is -4.37. The Morgan fingerprint density at radius 1 is 0.938 bits per heavy atom. The largest absolute Gasteiger partial charge is 0.453 e. The number of aromatic nitrogens is 2. The van der Waals surface area contributed by atoms with Crippen molar-refractivity contribution in [2.45, 2.75) is 12.2 Å². The Kier molecular flexibility index (Phi) is 5.73. The maximum atomic E-state index is 13.0. The standard InChI is InChI=1S/C23H17N3O6/c27-22(23(28,17-7-3-1-4-8-17)18-9-5-2-6-10-18)31-15-20-24-25-21(32-20)16-11-13-19(14-12-16)26(29)30/h1-14,28H,15H2. The molecule has 0 aliphatic rings. The van der Waals surface area contributed by atoms with Gasteiger partial charge in [0.05, 0.1) is 4.92 Å². The third-order valence-electron chi connectivity index (χ3n) is 4.80. The highest BCUT2D eigenvalue weighted by Crippen LogP contribution is 2.31. The Labute approximate surface area is 182 Å². The molecule has 4 aromatic rings. The predicted octanol–water partition coefficient (Wildman–Crippen LogP) is 3.62. The zero-order valence-electron chi connectivity index (χ0n) is 16.6. The van der Waals surface area contributed by atoms with Gasteiger partial charge in [0.15, 0.2) is 6.61 Å². The van der Waals surface area contributed by atoms with Gasteiger partial charge in [-0.1, -0.05) is 60.7 Å². The molecule has 0 saturated carbocycles. The van der Waals surface area contributed by atoms with Gasteiger partial charge in [0, 0.05) is 17.7 Å². The zero-order valence-corrected chi connectivity index (χ0v) is 16.6. The first-order valence-corrected chi connectivity index (χ1v) is 9.56. The van der Waals surface area contributed by atoms with Gasteiger partial charge in [0.25, 0.3) is 11.6 Å². The molecule has 0 aliphatic carbocycles. The van der Waals surface area contributed by atoms with Crippen LogP contribution in [0.3, 0.4) is 0 Å². The van der Waals surface area contributed by atoms with Crippen LogP contribution >= 0.6 is 0 Å². The molecule has 9 nitrogen and oxygen atoms in total. The van der Waals surface area contributed by atoms with E-state index < -0.39 is 16.5 Å². The van der Waals surface area contributed by atoms with E-state index in [-0.39, 0.29) is 24.1 Å². The summed E-state index contributed by atoms with van der Waals surface area (Å²) in [5.74, 6) is -0.771. The fourth-order valence-corrected chi connectivity index (χ4v) is 3.15. The zero-order chi connectivity index (χ0) is 22.6. The smallest absolute Gasteiger partial charge is 0.348 e. The van der Waals surface area contributed by atoms with Crippen LogP contribution < -0.4 is 0 Å². The molecular formula is C23H17N3O6. The molecular weight excluding hydrogens is 414 g/mol. The number of benzene rings is 3. The van der Waals surface area contributed by atoms with Crippen LogP contribution in [0.25, 0.3) is 11.5 Å². The predicted molar refractivity (Wildman–Crippen MR) is 112 cm³/mol. The summed E-state index contributed by atoms with van der Waals surface area (Å²) in [6, 6.07) is 22.5. The third kappa shape index (κ3) is 4.09. The van der Waals surface area contributed by atoms with Gasteiger partial charge < -0.3 is 14.3 Å². The summed E-state index contributed by atoms with van der Waals surface area (Å²) in [7, 11) is 0. The minimum atomic E-state index is -2.02. The molecule has 32 heavy (non-hydrogen) atoms. The highest BCUT2D eigenvalue weighted by Gasteiger charge is 2.41. The van der Waals surface area contributed by atoms with Crippen molar-refractivity contribution in [2.75, 3.05) is 0 Å². The van der Waals surface area contributed by atoms with Gasteiger partial charge in [0.1, 0.15) is 0 Å².